The number of carbonyl (C=O) groups excluding carboxylic acids is 4. The Morgan fingerprint density at radius 2 is 1.71 bits per heavy atom. The second kappa shape index (κ2) is 18.7. The van der Waals surface area contributed by atoms with Crippen molar-refractivity contribution in [2.45, 2.75) is 82.5 Å². The standard InChI is InChI=1S/C41H53N9O9/c1-4-29-39(55)48(2)31-23-44-41(47-35(31)49(29)25-8-5-6-9-25)45-27-13-12-24(22-32(27)57-3)36(52)43-17-19-59-21-20-58-18-16-42-28-11-7-10-26-34(28)40(56)50(38(26)54)30-14-15-33(51)46-37(30)53/h7,10-13,22-23,25,29-30,33,37,42,46,51,53H,4-6,8-9,14-21H2,1-3H3,(H,43,52)(H,44,45,47)/t29-,30?,33?,37?/m1/s1. The third kappa shape index (κ3) is 8.82. The molecule has 0 spiro atoms. The lowest BCUT2D eigenvalue weighted by molar-refractivity contribution is -0.120. The molecule has 7 rings (SSSR count). The molecule has 1 saturated heterocycles. The predicted octanol–water partition coefficient (Wildman–Crippen LogP) is 2.59. The van der Waals surface area contributed by atoms with Crippen LogP contribution in [0.25, 0.3) is 0 Å². The van der Waals surface area contributed by atoms with E-state index in [1.807, 2.05) is 6.92 Å². The molecule has 1 aliphatic carbocycles. The lowest BCUT2D eigenvalue weighted by atomic mass is 10.0. The minimum absolute atomic E-state index is 0.0507. The number of imide groups is 1. The number of piperidine rings is 1. The molecule has 6 N–H and O–H groups in total. The van der Waals surface area contributed by atoms with Crippen molar-refractivity contribution in [1.82, 2.24) is 25.5 Å². The van der Waals surface area contributed by atoms with Gasteiger partial charge in [0.1, 0.15) is 29.9 Å². The third-order valence-corrected chi connectivity index (χ3v) is 11.3. The normalized spacial score (nSPS) is 21.8. The first kappa shape index (κ1) is 41.7. The number of rotatable bonds is 17. The van der Waals surface area contributed by atoms with E-state index in [1.165, 1.54) is 7.11 Å². The number of aliphatic hydroxyl groups excluding tert-OH is 2. The van der Waals surface area contributed by atoms with Crippen molar-refractivity contribution >= 4 is 52.5 Å². The van der Waals surface area contributed by atoms with E-state index in [-0.39, 0.29) is 54.6 Å². The van der Waals surface area contributed by atoms with Crippen molar-refractivity contribution in [3.05, 3.63) is 59.3 Å². The Balaban J connectivity index is 0.833. The minimum Gasteiger partial charge on any atom is -0.495 e. The average Bonchev–Trinajstić information content (AvgIpc) is 3.86. The van der Waals surface area contributed by atoms with E-state index in [0.29, 0.717) is 73.5 Å². The molecule has 3 unspecified atom stereocenters. The first-order valence-electron chi connectivity index (χ1n) is 20.3. The quantitative estimate of drug-likeness (QED) is 0.0852. The highest BCUT2D eigenvalue weighted by atomic mass is 16.5. The monoisotopic (exact) mass is 815 g/mol. The van der Waals surface area contributed by atoms with E-state index < -0.39 is 30.3 Å². The van der Waals surface area contributed by atoms with Gasteiger partial charge in [0, 0.05) is 37.4 Å². The van der Waals surface area contributed by atoms with Crippen LogP contribution in [0.4, 0.5) is 28.8 Å². The number of fused-ring (bicyclic) bond motifs is 2. The largest absolute Gasteiger partial charge is 0.495 e. The van der Waals surface area contributed by atoms with Gasteiger partial charge in [0.15, 0.2) is 5.82 Å². The maximum atomic E-state index is 13.3. The summed E-state index contributed by atoms with van der Waals surface area (Å²) in [5, 5.41) is 32.0. The van der Waals surface area contributed by atoms with Gasteiger partial charge in [-0.2, -0.15) is 4.98 Å². The molecule has 3 aromatic rings. The fraction of sp³-hybridized carbons (Fsp3) is 0.512. The molecule has 316 valence electrons. The lowest BCUT2D eigenvalue weighted by Crippen LogP contribution is -2.58. The number of amides is 4. The molecule has 0 radical (unpaired) electrons. The third-order valence-electron chi connectivity index (χ3n) is 11.3. The van der Waals surface area contributed by atoms with Crippen molar-refractivity contribution in [3.8, 4) is 5.75 Å². The number of methoxy groups -OCH3 is 1. The maximum absolute atomic E-state index is 13.3. The highest BCUT2D eigenvalue weighted by Gasteiger charge is 2.45. The molecular weight excluding hydrogens is 763 g/mol. The van der Waals surface area contributed by atoms with Gasteiger partial charge in [0.25, 0.3) is 17.7 Å². The van der Waals surface area contributed by atoms with Gasteiger partial charge < -0.3 is 50.2 Å². The summed E-state index contributed by atoms with van der Waals surface area (Å²) in [7, 11) is 3.29. The summed E-state index contributed by atoms with van der Waals surface area (Å²) in [5.41, 5.74) is 2.66. The number of likely N-dealkylation sites (N-methyl/N-ethyl adjacent to an activating group) is 1. The number of nitrogens with zero attached hydrogens (tertiary/aromatic N) is 5. The number of hydrogen-bond acceptors (Lipinski definition) is 15. The molecule has 2 aromatic carbocycles. The van der Waals surface area contributed by atoms with E-state index in [1.54, 1.807) is 54.5 Å². The van der Waals surface area contributed by atoms with E-state index >= 15 is 0 Å². The number of aromatic nitrogens is 2. The highest BCUT2D eigenvalue weighted by molar-refractivity contribution is 6.24. The molecule has 0 bridgehead atoms. The van der Waals surface area contributed by atoms with E-state index in [0.717, 1.165) is 36.4 Å². The van der Waals surface area contributed by atoms with Crippen LogP contribution in [0.5, 0.6) is 5.75 Å². The average molecular weight is 816 g/mol. The van der Waals surface area contributed by atoms with Gasteiger partial charge in [-0.1, -0.05) is 25.8 Å². The predicted molar refractivity (Wildman–Crippen MR) is 218 cm³/mol. The summed E-state index contributed by atoms with van der Waals surface area (Å²) in [6.45, 7) is 3.84. The van der Waals surface area contributed by atoms with Gasteiger partial charge in [-0.15, -0.1) is 0 Å². The SMILES string of the molecule is CC[C@@H]1C(=O)N(C)c2cnc(Nc3ccc(C(=O)NCCOCCOCCNc4cccc5c4C(=O)N(C4CCC(O)NC4O)C5=O)cc3OC)nc2N1C1CCCC1. The molecule has 4 heterocycles. The Kier molecular flexibility index (Phi) is 13.2. The Morgan fingerprint density at radius 3 is 2.44 bits per heavy atom. The number of benzene rings is 2. The Labute approximate surface area is 342 Å². The lowest BCUT2D eigenvalue weighted by Gasteiger charge is -2.43. The molecule has 4 amide bonds. The second-order valence-corrected chi connectivity index (χ2v) is 15.0. The van der Waals surface area contributed by atoms with Gasteiger partial charge in [0.05, 0.1) is 62.6 Å². The zero-order chi connectivity index (χ0) is 41.6. The molecule has 1 saturated carbocycles. The summed E-state index contributed by atoms with van der Waals surface area (Å²) in [5.74, 6) is 0.313. The first-order valence-corrected chi connectivity index (χ1v) is 20.3. The van der Waals surface area contributed by atoms with Crippen molar-refractivity contribution < 1.29 is 43.6 Å². The zero-order valence-electron chi connectivity index (χ0n) is 33.6. The smallest absolute Gasteiger partial charge is 0.264 e. The van der Waals surface area contributed by atoms with Crippen LogP contribution in [0.2, 0.25) is 0 Å². The van der Waals surface area contributed by atoms with Crippen LogP contribution in [0.3, 0.4) is 0 Å². The van der Waals surface area contributed by atoms with Crippen molar-refractivity contribution in [1.29, 1.82) is 0 Å². The molecule has 4 aliphatic rings. The minimum atomic E-state index is -1.22. The van der Waals surface area contributed by atoms with Crippen LogP contribution in [0.1, 0.15) is 82.9 Å². The Bertz CT molecular complexity index is 2030. The maximum Gasteiger partial charge on any atom is 0.264 e. The van der Waals surface area contributed by atoms with Crippen LogP contribution in [0.15, 0.2) is 42.6 Å². The van der Waals surface area contributed by atoms with E-state index in [4.69, 9.17) is 19.2 Å². The Hall–Kier alpha value is -5.40. The first-order chi connectivity index (χ1) is 28.6. The Morgan fingerprint density at radius 1 is 0.949 bits per heavy atom. The highest BCUT2D eigenvalue weighted by Crippen LogP contribution is 2.40. The second-order valence-electron chi connectivity index (χ2n) is 15.0. The van der Waals surface area contributed by atoms with Crippen LogP contribution >= 0.6 is 0 Å². The van der Waals surface area contributed by atoms with Crippen LogP contribution in [0, 0.1) is 0 Å². The van der Waals surface area contributed by atoms with Gasteiger partial charge in [-0.3, -0.25) is 29.4 Å². The molecule has 4 atom stereocenters. The van der Waals surface area contributed by atoms with E-state index in [9.17, 15) is 29.4 Å². The number of nitrogens with one attached hydrogen (secondary N) is 4. The fourth-order valence-electron chi connectivity index (χ4n) is 8.32. The van der Waals surface area contributed by atoms with E-state index in [2.05, 4.69) is 31.2 Å². The zero-order valence-corrected chi connectivity index (χ0v) is 33.6. The number of carbonyl (C=O) groups is 4. The topological polar surface area (TPSA) is 220 Å². The van der Waals surface area contributed by atoms with Gasteiger partial charge >= 0.3 is 0 Å². The molecule has 59 heavy (non-hydrogen) atoms. The van der Waals surface area contributed by atoms with Crippen molar-refractivity contribution in [2.75, 3.05) is 74.1 Å². The number of anilines is 5. The molecule has 1 aromatic heterocycles. The van der Waals surface area contributed by atoms with Gasteiger partial charge in [0.2, 0.25) is 11.9 Å². The van der Waals surface area contributed by atoms with Crippen molar-refractivity contribution in [2.24, 2.45) is 0 Å². The molecular formula is C41H53N9O9. The summed E-state index contributed by atoms with van der Waals surface area (Å²) >= 11 is 0. The fourth-order valence-corrected chi connectivity index (χ4v) is 8.32. The number of ether oxygens (including phenoxy) is 3. The van der Waals surface area contributed by atoms with Crippen LogP contribution in [-0.4, -0.2) is 133 Å². The van der Waals surface area contributed by atoms with Gasteiger partial charge in [-0.25, -0.2) is 4.98 Å². The molecule has 2 fully saturated rings. The van der Waals surface area contributed by atoms with Crippen molar-refractivity contribution in [3.63, 3.8) is 0 Å². The van der Waals surface area contributed by atoms with Gasteiger partial charge in [-0.05, 0) is 62.4 Å². The van der Waals surface area contributed by atoms with Crippen LogP contribution < -0.4 is 35.8 Å². The summed E-state index contributed by atoms with van der Waals surface area (Å²) in [6, 6.07) is 9.24. The summed E-state index contributed by atoms with van der Waals surface area (Å²) in [4.78, 5) is 67.0. The van der Waals surface area contributed by atoms with Crippen LogP contribution in [-0.2, 0) is 14.3 Å². The molecule has 18 heteroatoms. The molecule has 18 nitrogen and oxygen atoms in total. The summed E-state index contributed by atoms with van der Waals surface area (Å²) < 4.78 is 16.9. The molecule has 3 aliphatic heterocycles. The number of aliphatic hydroxyl groups is 2. The number of hydrogen-bond donors (Lipinski definition) is 6. The summed E-state index contributed by atoms with van der Waals surface area (Å²) in [6.07, 6.45) is 5.12.